The lowest BCUT2D eigenvalue weighted by Crippen LogP contribution is -2.39. The van der Waals surface area contributed by atoms with E-state index in [1.54, 1.807) is 0 Å². The van der Waals surface area contributed by atoms with Crippen LogP contribution in [0, 0.1) is 0 Å². The monoisotopic (exact) mass is 175 g/mol. The van der Waals surface area contributed by atoms with Crippen molar-refractivity contribution in [3.63, 3.8) is 0 Å². The van der Waals surface area contributed by atoms with E-state index in [0.29, 0.717) is 0 Å². The van der Waals surface area contributed by atoms with Gasteiger partial charge in [-0.1, -0.05) is 0 Å². The van der Waals surface area contributed by atoms with Crippen molar-refractivity contribution >= 4 is 0 Å². The van der Waals surface area contributed by atoms with Gasteiger partial charge in [-0.2, -0.15) is 0 Å². The number of hydrogen-bond acceptors (Lipinski definition) is 3. The predicted molar refractivity (Wildman–Crippen MR) is 41.1 cm³/mol. The molecule has 2 N–H and O–H groups in total. The molecular weight excluding hydrogens is 161 g/mol. The lowest BCUT2D eigenvalue weighted by atomic mass is 9.91. The number of halogens is 1. The molecule has 0 radical (unpaired) electrons. The van der Waals surface area contributed by atoms with Crippen LogP contribution in [0.3, 0.4) is 0 Å². The molecular formula is C8H14FNO2. The molecule has 2 rings (SSSR count). The lowest BCUT2D eigenvalue weighted by Gasteiger charge is -2.33. The van der Waals surface area contributed by atoms with Gasteiger partial charge in [0.25, 0.3) is 0 Å². The van der Waals surface area contributed by atoms with E-state index in [9.17, 15) is 4.39 Å². The Hall–Kier alpha value is -0.190. The Morgan fingerprint density at radius 3 is 2.50 bits per heavy atom. The second kappa shape index (κ2) is 2.94. The van der Waals surface area contributed by atoms with Crippen molar-refractivity contribution in [3.05, 3.63) is 0 Å². The Balaban J connectivity index is 1.95. The zero-order valence-corrected chi connectivity index (χ0v) is 6.96. The molecule has 4 heteroatoms. The fourth-order valence-electron chi connectivity index (χ4n) is 1.86. The molecule has 0 aromatic rings. The fourth-order valence-corrected chi connectivity index (χ4v) is 1.86. The predicted octanol–water partition coefficient (Wildman–Crippen LogP) is 0.926. The van der Waals surface area contributed by atoms with E-state index in [0.717, 1.165) is 25.7 Å². The minimum Gasteiger partial charge on any atom is -0.344 e. The smallest absolute Gasteiger partial charge is 0.225 e. The molecule has 1 spiro atoms. The summed E-state index contributed by atoms with van der Waals surface area (Å²) < 4.78 is 23.1. The first kappa shape index (κ1) is 8.41. The van der Waals surface area contributed by atoms with Crippen molar-refractivity contribution in [2.24, 2.45) is 5.73 Å². The van der Waals surface area contributed by atoms with Gasteiger partial charge < -0.3 is 15.2 Å². The van der Waals surface area contributed by atoms with Crippen molar-refractivity contribution in [2.75, 3.05) is 6.61 Å². The van der Waals surface area contributed by atoms with Crippen molar-refractivity contribution in [1.29, 1.82) is 0 Å². The summed E-state index contributed by atoms with van der Waals surface area (Å²) in [5.41, 5.74) is 5.72. The summed E-state index contributed by atoms with van der Waals surface area (Å²) in [5.74, 6) is -0.630. The highest BCUT2D eigenvalue weighted by Crippen LogP contribution is 2.37. The van der Waals surface area contributed by atoms with Crippen molar-refractivity contribution in [1.82, 2.24) is 0 Å². The minimum absolute atomic E-state index is 0.0786. The molecule has 2 aliphatic rings. The summed E-state index contributed by atoms with van der Waals surface area (Å²) in [6.07, 6.45) is 1.96. The maximum atomic E-state index is 12.7. The summed E-state index contributed by atoms with van der Waals surface area (Å²) >= 11 is 0. The Labute approximate surface area is 71.0 Å². The average Bonchev–Trinajstić information content (AvgIpc) is 2.40. The van der Waals surface area contributed by atoms with E-state index in [1.807, 2.05) is 0 Å². The molecule has 1 aliphatic heterocycles. The second-order valence-electron chi connectivity index (χ2n) is 3.59. The van der Waals surface area contributed by atoms with Crippen LogP contribution in [-0.2, 0) is 9.47 Å². The molecule has 3 nitrogen and oxygen atoms in total. The van der Waals surface area contributed by atoms with Crippen LogP contribution in [-0.4, -0.2) is 24.8 Å². The highest BCUT2D eigenvalue weighted by atomic mass is 19.1. The van der Waals surface area contributed by atoms with E-state index >= 15 is 0 Å². The average molecular weight is 175 g/mol. The van der Waals surface area contributed by atoms with Crippen molar-refractivity contribution < 1.29 is 13.9 Å². The number of rotatable bonds is 0. The van der Waals surface area contributed by atoms with E-state index in [4.69, 9.17) is 15.2 Å². The third-order valence-corrected chi connectivity index (χ3v) is 2.61. The molecule has 70 valence electrons. The van der Waals surface area contributed by atoms with Crippen LogP contribution >= 0.6 is 0 Å². The molecule has 12 heavy (non-hydrogen) atoms. The Morgan fingerprint density at radius 1 is 1.33 bits per heavy atom. The summed E-state index contributed by atoms with van der Waals surface area (Å²) in [6, 6.07) is 0.237. The maximum absolute atomic E-state index is 12.7. The molecule has 2 fully saturated rings. The van der Waals surface area contributed by atoms with Gasteiger partial charge in [-0.25, -0.2) is 4.39 Å². The standard InChI is InChI=1S/C8H14FNO2/c9-7-5-11-8(12-7)3-1-6(10)2-4-8/h6-7H,1-5,10H2. The van der Waals surface area contributed by atoms with Crippen LogP contribution in [0.15, 0.2) is 0 Å². The van der Waals surface area contributed by atoms with E-state index < -0.39 is 12.1 Å². The molecule has 1 saturated heterocycles. The highest BCUT2D eigenvalue weighted by Gasteiger charge is 2.43. The fraction of sp³-hybridized carbons (Fsp3) is 1.00. The summed E-state index contributed by atoms with van der Waals surface area (Å²) in [5, 5.41) is 0. The quantitative estimate of drug-likeness (QED) is 0.595. The van der Waals surface area contributed by atoms with Gasteiger partial charge in [0.15, 0.2) is 5.79 Å². The van der Waals surface area contributed by atoms with E-state index in [2.05, 4.69) is 0 Å². The van der Waals surface area contributed by atoms with Gasteiger partial charge in [-0.15, -0.1) is 0 Å². The number of alkyl halides is 1. The van der Waals surface area contributed by atoms with Crippen LogP contribution in [0.5, 0.6) is 0 Å². The number of ether oxygens (including phenoxy) is 2. The summed E-state index contributed by atoms with van der Waals surface area (Å²) in [7, 11) is 0. The van der Waals surface area contributed by atoms with E-state index in [-0.39, 0.29) is 12.6 Å². The van der Waals surface area contributed by atoms with Crippen LogP contribution in [0.2, 0.25) is 0 Å². The van der Waals surface area contributed by atoms with Crippen molar-refractivity contribution in [3.8, 4) is 0 Å². The lowest BCUT2D eigenvalue weighted by molar-refractivity contribution is -0.202. The Bertz CT molecular complexity index is 168. The summed E-state index contributed by atoms with van der Waals surface area (Å²) in [6.45, 7) is 0.0786. The van der Waals surface area contributed by atoms with Gasteiger partial charge in [0.2, 0.25) is 6.36 Å². The van der Waals surface area contributed by atoms with E-state index in [1.165, 1.54) is 0 Å². The van der Waals surface area contributed by atoms with Crippen molar-refractivity contribution in [2.45, 2.75) is 43.9 Å². The zero-order valence-electron chi connectivity index (χ0n) is 6.96. The largest absolute Gasteiger partial charge is 0.344 e. The molecule has 1 aliphatic carbocycles. The van der Waals surface area contributed by atoms with Crippen LogP contribution < -0.4 is 5.73 Å². The molecule has 0 aromatic heterocycles. The third-order valence-electron chi connectivity index (χ3n) is 2.61. The van der Waals surface area contributed by atoms with Gasteiger partial charge >= 0.3 is 0 Å². The Morgan fingerprint density at radius 2 is 2.00 bits per heavy atom. The first-order chi connectivity index (χ1) is 5.70. The molecule has 0 aromatic carbocycles. The second-order valence-corrected chi connectivity index (χ2v) is 3.59. The van der Waals surface area contributed by atoms with Gasteiger partial charge in [0.05, 0.1) is 0 Å². The maximum Gasteiger partial charge on any atom is 0.225 e. The van der Waals surface area contributed by atoms with Gasteiger partial charge in [-0.05, 0) is 12.8 Å². The number of nitrogens with two attached hydrogens (primary N) is 1. The van der Waals surface area contributed by atoms with Gasteiger partial charge in [-0.3, -0.25) is 0 Å². The number of hydrogen-bond donors (Lipinski definition) is 1. The topological polar surface area (TPSA) is 44.5 Å². The zero-order chi connectivity index (χ0) is 8.60. The molecule has 0 bridgehead atoms. The van der Waals surface area contributed by atoms with Gasteiger partial charge in [0.1, 0.15) is 6.61 Å². The van der Waals surface area contributed by atoms with Crippen LogP contribution in [0.25, 0.3) is 0 Å². The molecule has 0 amide bonds. The molecule has 1 heterocycles. The SMILES string of the molecule is NC1CCC2(CC1)OCC(F)O2. The first-order valence-electron chi connectivity index (χ1n) is 4.42. The summed E-state index contributed by atoms with van der Waals surface area (Å²) in [4.78, 5) is 0. The molecule has 1 atom stereocenters. The minimum atomic E-state index is -1.24. The van der Waals surface area contributed by atoms with Crippen LogP contribution in [0.4, 0.5) is 4.39 Å². The van der Waals surface area contributed by atoms with Gasteiger partial charge in [0, 0.05) is 18.9 Å². The highest BCUT2D eigenvalue weighted by molar-refractivity contribution is 4.84. The molecule has 1 unspecified atom stereocenters. The van der Waals surface area contributed by atoms with Crippen LogP contribution in [0.1, 0.15) is 25.7 Å². The third kappa shape index (κ3) is 1.46. The molecule has 1 saturated carbocycles. The Kier molecular flexibility index (Phi) is 2.06. The normalized spacial score (nSPS) is 48.5. The first-order valence-corrected chi connectivity index (χ1v) is 4.42.